The van der Waals surface area contributed by atoms with Crippen LogP contribution in [-0.2, 0) is 36.8 Å². The molecule has 1 aromatic carbocycles. The summed E-state index contributed by atoms with van der Waals surface area (Å²) < 4.78 is 5.33. The molecule has 4 N–H and O–H groups in total. The summed E-state index contributed by atoms with van der Waals surface area (Å²) in [6.07, 6.45) is 2.44. The highest BCUT2D eigenvalue weighted by Gasteiger charge is 2.69. The molecule has 2 saturated carbocycles. The molecule has 1 aromatic rings. The number of likely N-dealkylation sites (tertiary alicyclic amines) is 1. The zero-order valence-electron chi connectivity index (χ0n) is 23.6. The van der Waals surface area contributed by atoms with Crippen LogP contribution < -0.4 is 16.4 Å². The molecule has 3 fully saturated rings. The fourth-order valence-corrected chi connectivity index (χ4v) is 6.92. The zero-order chi connectivity index (χ0) is 28.9. The van der Waals surface area contributed by atoms with Crippen LogP contribution in [-0.4, -0.2) is 65.3 Å². The van der Waals surface area contributed by atoms with Gasteiger partial charge in [-0.2, -0.15) is 0 Å². The molecule has 5 rings (SSSR count). The molecule has 3 aliphatic carbocycles. The predicted molar refractivity (Wildman–Crippen MR) is 146 cm³/mol. The lowest BCUT2D eigenvalue weighted by Crippen LogP contribution is -2.59. The Bertz CT molecular complexity index is 1200. The van der Waals surface area contributed by atoms with E-state index in [0.717, 1.165) is 24.0 Å². The molecule has 0 aromatic heterocycles. The maximum absolute atomic E-state index is 14.2. The number of hydrogen-bond acceptors (Lipinski definition) is 6. The maximum atomic E-state index is 14.2. The third kappa shape index (κ3) is 5.45. The van der Waals surface area contributed by atoms with E-state index in [1.807, 2.05) is 24.3 Å². The Hall–Kier alpha value is -3.43. The lowest BCUT2D eigenvalue weighted by molar-refractivity contribution is -0.144. The molecule has 1 aliphatic heterocycles. The van der Waals surface area contributed by atoms with Crippen LogP contribution in [0.25, 0.3) is 0 Å². The molecule has 40 heavy (non-hydrogen) atoms. The Labute approximate surface area is 234 Å². The molecule has 4 aliphatic rings. The number of benzene rings is 1. The fourth-order valence-electron chi connectivity index (χ4n) is 6.92. The first-order chi connectivity index (χ1) is 18.9. The number of nitrogens with zero attached hydrogens (tertiary/aromatic N) is 1. The van der Waals surface area contributed by atoms with Crippen LogP contribution in [0.4, 0.5) is 4.79 Å². The van der Waals surface area contributed by atoms with Gasteiger partial charge in [-0.25, -0.2) is 4.79 Å². The van der Waals surface area contributed by atoms with E-state index in [-0.39, 0.29) is 41.1 Å². The topological polar surface area (TPSA) is 148 Å². The van der Waals surface area contributed by atoms with Crippen LogP contribution in [0, 0.1) is 29.1 Å². The van der Waals surface area contributed by atoms with Crippen LogP contribution in [0.2, 0.25) is 0 Å². The van der Waals surface area contributed by atoms with E-state index in [1.54, 1.807) is 18.7 Å². The second-order valence-corrected chi connectivity index (χ2v) is 12.9. The zero-order valence-corrected chi connectivity index (χ0v) is 23.6. The number of ketones is 1. The average Bonchev–Trinajstić information content (AvgIpc) is 3.64. The number of alkyl carbamates (subject to hydrolysis) is 1. The third-order valence-corrected chi connectivity index (χ3v) is 9.34. The van der Waals surface area contributed by atoms with Crippen molar-refractivity contribution in [2.24, 2.45) is 34.8 Å². The van der Waals surface area contributed by atoms with Crippen molar-refractivity contribution in [2.75, 3.05) is 6.54 Å². The molecule has 1 unspecified atom stereocenters. The first-order valence-electron chi connectivity index (χ1n) is 14.4. The Morgan fingerprint density at radius 3 is 2.23 bits per heavy atom. The summed E-state index contributed by atoms with van der Waals surface area (Å²) in [5.41, 5.74) is 7.41. The van der Waals surface area contributed by atoms with E-state index < -0.39 is 41.8 Å². The average molecular weight is 553 g/mol. The van der Waals surface area contributed by atoms with E-state index in [9.17, 15) is 24.0 Å². The van der Waals surface area contributed by atoms with Gasteiger partial charge in [0.15, 0.2) is 0 Å². The summed E-state index contributed by atoms with van der Waals surface area (Å²) in [5, 5.41) is 5.61. The maximum Gasteiger partial charge on any atom is 0.408 e. The van der Waals surface area contributed by atoms with Gasteiger partial charge in [-0.3, -0.25) is 19.2 Å². The Morgan fingerprint density at radius 1 is 1.05 bits per heavy atom. The molecule has 5 atom stereocenters. The van der Waals surface area contributed by atoms with Gasteiger partial charge in [0, 0.05) is 6.54 Å². The van der Waals surface area contributed by atoms with Crippen LogP contribution in [0.3, 0.4) is 0 Å². The summed E-state index contributed by atoms with van der Waals surface area (Å²) in [6.45, 7) is 8.00. The summed E-state index contributed by atoms with van der Waals surface area (Å²) >= 11 is 0. The minimum absolute atomic E-state index is 0.0919. The summed E-state index contributed by atoms with van der Waals surface area (Å²) in [6, 6.07) is 5.27. The molecule has 0 bridgehead atoms. The number of rotatable bonds is 10. The van der Waals surface area contributed by atoms with Crippen molar-refractivity contribution in [1.29, 1.82) is 0 Å². The molecule has 1 saturated heterocycles. The molecule has 10 nitrogen and oxygen atoms in total. The molecule has 4 amide bonds. The number of amides is 4. The molecular weight excluding hydrogens is 512 g/mol. The van der Waals surface area contributed by atoms with Gasteiger partial charge in [0.05, 0.1) is 12.1 Å². The largest absolute Gasteiger partial charge is 0.447 e. The van der Waals surface area contributed by atoms with Gasteiger partial charge in [0.2, 0.25) is 17.6 Å². The van der Waals surface area contributed by atoms with E-state index >= 15 is 0 Å². The quantitative estimate of drug-likeness (QED) is 0.377. The highest BCUT2D eigenvalue weighted by molar-refractivity contribution is 6.37. The van der Waals surface area contributed by atoms with Crippen molar-refractivity contribution in [3.8, 4) is 0 Å². The first kappa shape index (κ1) is 28.1. The van der Waals surface area contributed by atoms with Gasteiger partial charge in [-0.15, -0.1) is 0 Å². The molecule has 0 spiro atoms. The van der Waals surface area contributed by atoms with Gasteiger partial charge >= 0.3 is 6.09 Å². The lowest BCUT2D eigenvalue weighted by atomic mass is 9.93. The van der Waals surface area contributed by atoms with Gasteiger partial charge in [-0.1, -0.05) is 51.0 Å². The lowest BCUT2D eigenvalue weighted by Gasteiger charge is -2.35. The first-order valence-corrected chi connectivity index (χ1v) is 14.4. The molecular formula is C30H40N4O6. The monoisotopic (exact) mass is 552 g/mol. The number of fused-ring (bicyclic) bond motifs is 2. The number of ether oxygens (including phenoxy) is 1. The van der Waals surface area contributed by atoms with Gasteiger partial charge in [0.25, 0.3) is 5.91 Å². The summed E-state index contributed by atoms with van der Waals surface area (Å²) in [4.78, 5) is 66.6. The van der Waals surface area contributed by atoms with E-state index in [2.05, 4.69) is 24.5 Å². The van der Waals surface area contributed by atoms with Gasteiger partial charge < -0.3 is 26.0 Å². The van der Waals surface area contributed by atoms with Crippen molar-refractivity contribution >= 4 is 29.6 Å². The fraction of sp³-hybridized carbons (Fsp3) is 0.633. The standard InChI is InChI=1S/C30H40N4O6/c1-15(2)40-29(39)33-23(19-12-17-7-5-6-8-18(17)13-19)28(38)34-14-20-22(30(20,3)4)24(34)27(37)32-21(11-16-9-10-16)25(35)26(31)36/h5-8,15-16,19-24H,9-14H2,1-4H3,(H2,31,36)(H,32,37)(H,33,39)/t20-,21?,22-,23-,24-/m0/s1. The number of piperidine rings is 1. The number of carbonyl (C=O) groups is 5. The Kier molecular flexibility index (Phi) is 7.39. The summed E-state index contributed by atoms with van der Waals surface area (Å²) in [7, 11) is 0. The second kappa shape index (κ2) is 10.5. The second-order valence-electron chi connectivity index (χ2n) is 12.9. The molecule has 0 radical (unpaired) electrons. The van der Waals surface area contributed by atoms with Crippen molar-refractivity contribution < 1.29 is 28.7 Å². The van der Waals surface area contributed by atoms with E-state index in [1.165, 1.54) is 0 Å². The van der Waals surface area contributed by atoms with Crippen molar-refractivity contribution in [1.82, 2.24) is 15.5 Å². The number of nitrogens with two attached hydrogens (primary N) is 1. The minimum atomic E-state index is -1.08. The molecule has 1 heterocycles. The molecule has 10 heteroatoms. The highest BCUT2D eigenvalue weighted by Crippen LogP contribution is 2.65. The SMILES string of the molecule is CC(C)OC(=O)N[C@H](C(=O)N1C[C@H]2[C@@H]([C@H]1C(=O)NC(CC1CC1)C(=O)C(N)=O)C2(C)C)C1Cc2ccccc2C1. The van der Waals surface area contributed by atoms with Crippen molar-refractivity contribution in [2.45, 2.75) is 84.0 Å². The number of hydrogen-bond donors (Lipinski definition) is 3. The van der Waals surface area contributed by atoms with Crippen LogP contribution >= 0.6 is 0 Å². The number of nitrogens with one attached hydrogen (secondary N) is 2. The van der Waals surface area contributed by atoms with Crippen LogP contribution in [0.5, 0.6) is 0 Å². The number of carbonyl (C=O) groups excluding carboxylic acids is 5. The Balaban J connectivity index is 1.39. The van der Waals surface area contributed by atoms with Crippen molar-refractivity contribution in [3.63, 3.8) is 0 Å². The van der Waals surface area contributed by atoms with E-state index in [4.69, 9.17) is 10.5 Å². The normalized spacial score (nSPS) is 25.9. The Morgan fingerprint density at radius 2 is 1.68 bits per heavy atom. The third-order valence-electron chi connectivity index (χ3n) is 9.34. The van der Waals surface area contributed by atoms with Crippen molar-refractivity contribution in [3.05, 3.63) is 35.4 Å². The van der Waals surface area contributed by atoms with E-state index in [0.29, 0.717) is 25.8 Å². The van der Waals surface area contributed by atoms with Crippen LogP contribution in [0.15, 0.2) is 24.3 Å². The smallest absolute Gasteiger partial charge is 0.408 e. The minimum Gasteiger partial charge on any atom is -0.447 e. The summed E-state index contributed by atoms with van der Waals surface area (Å²) in [5.74, 6) is -2.59. The number of primary amides is 1. The number of Topliss-reactive ketones (excluding diaryl/α,β-unsaturated/α-hetero) is 1. The predicted octanol–water partition coefficient (Wildman–Crippen LogP) is 1.73. The molecule has 216 valence electrons. The highest BCUT2D eigenvalue weighted by atomic mass is 16.6. The van der Waals surface area contributed by atoms with Crippen LogP contribution in [0.1, 0.15) is 58.1 Å². The van der Waals surface area contributed by atoms with Gasteiger partial charge in [0.1, 0.15) is 12.1 Å². The van der Waals surface area contributed by atoms with Gasteiger partial charge in [-0.05, 0) is 73.3 Å².